The van der Waals surface area contributed by atoms with Gasteiger partial charge in [0, 0.05) is 0 Å². The summed E-state index contributed by atoms with van der Waals surface area (Å²) in [7, 11) is 7.15. The number of esters is 6. The van der Waals surface area contributed by atoms with Gasteiger partial charge in [0.2, 0.25) is 0 Å². The van der Waals surface area contributed by atoms with Crippen LogP contribution in [0.4, 0.5) is 0 Å². The summed E-state index contributed by atoms with van der Waals surface area (Å²) in [5, 5.41) is 0. The molecule has 0 aliphatic heterocycles. The number of hydrogen-bond donors (Lipinski definition) is 0. The van der Waals surface area contributed by atoms with Crippen LogP contribution in [-0.4, -0.2) is 78.5 Å². The van der Waals surface area contributed by atoms with Gasteiger partial charge < -0.3 is 28.4 Å². The van der Waals surface area contributed by atoms with E-state index in [4.69, 9.17) is 28.4 Å². The fourth-order valence-corrected chi connectivity index (χ4v) is 6.73. The number of hydrogen-bond acceptors (Lipinski definition) is 12. The molecular formula is C33H36O12. The molecule has 0 atom stereocenters. The van der Waals surface area contributed by atoms with Crippen molar-refractivity contribution in [1.82, 2.24) is 0 Å². The number of ether oxygens (including phenoxy) is 6. The van der Waals surface area contributed by atoms with E-state index in [1.54, 1.807) is 36.4 Å². The molecule has 0 bridgehead atoms. The lowest BCUT2D eigenvalue weighted by Gasteiger charge is -2.29. The smallest absolute Gasteiger partial charge is 0.323 e. The van der Waals surface area contributed by atoms with Crippen molar-refractivity contribution in [2.75, 3.05) is 42.7 Å². The van der Waals surface area contributed by atoms with Crippen LogP contribution in [0.3, 0.4) is 0 Å². The summed E-state index contributed by atoms with van der Waals surface area (Å²) >= 11 is 0. The summed E-state index contributed by atoms with van der Waals surface area (Å²) < 4.78 is 30.0. The van der Waals surface area contributed by atoms with Gasteiger partial charge in [-0.15, -0.1) is 0 Å². The Kier molecular flexibility index (Phi) is 9.36. The van der Waals surface area contributed by atoms with Crippen LogP contribution in [0.2, 0.25) is 0 Å². The van der Waals surface area contributed by atoms with Crippen molar-refractivity contribution in [2.24, 2.45) is 16.2 Å². The molecule has 0 N–H and O–H groups in total. The van der Waals surface area contributed by atoms with Gasteiger partial charge in [0.05, 0.1) is 42.7 Å². The molecule has 0 fully saturated rings. The van der Waals surface area contributed by atoms with Gasteiger partial charge in [-0.3, -0.25) is 28.8 Å². The summed E-state index contributed by atoms with van der Waals surface area (Å²) in [5.74, 6) is -4.52. The van der Waals surface area contributed by atoms with Crippen LogP contribution >= 0.6 is 0 Å². The molecule has 0 aromatic heterocycles. The highest BCUT2D eigenvalue weighted by Crippen LogP contribution is 2.43. The lowest BCUT2D eigenvalue weighted by atomic mass is 9.75. The number of fused-ring (bicyclic) bond motifs is 2. The third-order valence-electron chi connectivity index (χ3n) is 8.98. The van der Waals surface area contributed by atoms with Gasteiger partial charge in [-0.25, -0.2) is 0 Å². The van der Waals surface area contributed by atoms with Crippen LogP contribution in [-0.2, 0) is 95.7 Å². The van der Waals surface area contributed by atoms with Crippen LogP contribution in [0.25, 0.3) is 0 Å². The van der Waals surface area contributed by atoms with Crippen molar-refractivity contribution in [3.8, 4) is 0 Å². The number of rotatable bonds is 10. The molecule has 4 rings (SSSR count). The first-order valence-corrected chi connectivity index (χ1v) is 14.1. The van der Waals surface area contributed by atoms with Crippen LogP contribution in [0, 0.1) is 16.2 Å². The predicted octanol–water partition coefficient (Wildman–Crippen LogP) is 1.67. The average molecular weight is 625 g/mol. The number of carbonyl (C=O) groups is 6. The Morgan fingerprint density at radius 3 is 1.11 bits per heavy atom. The van der Waals surface area contributed by atoms with E-state index in [1.807, 2.05) is 0 Å². The zero-order chi connectivity index (χ0) is 33.2. The van der Waals surface area contributed by atoms with Gasteiger partial charge in [-0.1, -0.05) is 36.4 Å². The van der Waals surface area contributed by atoms with Gasteiger partial charge >= 0.3 is 35.8 Å². The molecule has 0 unspecified atom stereocenters. The molecule has 2 aromatic carbocycles. The van der Waals surface area contributed by atoms with Crippen LogP contribution in [0.1, 0.15) is 33.4 Å². The van der Waals surface area contributed by atoms with E-state index in [0.717, 1.165) is 11.1 Å². The molecule has 0 heterocycles. The first-order valence-electron chi connectivity index (χ1n) is 14.1. The van der Waals surface area contributed by atoms with Crippen molar-refractivity contribution < 1.29 is 57.2 Å². The minimum absolute atomic E-state index is 0.0198. The number of benzene rings is 2. The second-order valence-corrected chi connectivity index (χ2v) is 11.5. The van der Waals surface area contributed by atoms with E-state index in [1.165, 1.54) is 42.7 Å². The third-order valence-corrected chi connectivity index (χ3v) is 8.98. The SMILES string of the molecule is COC(=O)C(Cc1ccc2c(c1)CC(C(=O)OC)(C(=O)OC)C2)(Cc1ccc2c(c1)CC(C(=O)OC)(C(=O)OC)C2)C(=O)OC. The minimum atomic E-state index is -1.83. The third kappa shape index (κ3) is 5.53. The summed E-state index contributed by atoms with van der Waals surface area (Å²) in [6, 6.07) is 10.4. The molecular weight excluding hydrogens is 588 g/mol. The van der Waals surface area contributed by atoms with Gasteiger partial charge in [0.25, 0.3) is 0 Å². The van der Waals surface area contributed by atoms with E-state index in [-0.39, 0.29) is 38.5 Å². The molecule has 2 aromatic rings. The topological polar surface area (TPSA) is 158 Å². The van der Waals surface area contributed by atoms with Crippen molar-refractivity contribution in [2.45, 2.75) is 38.5 Å². The zero-order valence-electron chi connectivity index (χ0n) is 26.1. The minimum Gasteiger partial charge on any atom is -0.468 e. The zero-order valence-corrected chi connectivity index (χ0v) is 26.1. The van der Waals surface area contributed by atoms with Gasteiger partial charge in [0.1, 0.15) is 0 Å². The quantitative estimate of drug-likeness (QED) is 0.214. The second kappa shape index (κ2) is 12.7. The fraction of sp³-hybridized carbons (Fsp3) is 0.455. The molecule has 0 saturated heterocycles. The van der Waals surface area contributed by atoms with E-state index in [9.17, 15) is 28.8 Å². The Morgan fingerprint density at radius 2 is 0.822 bits per heavy atom. The summed E-state index contributed by atoms with van der Waals surface area (Å²) in [5.41, 5.74) is -0.979. The molecule has 0 amide bonds. The van der Waals surface area contributed by atoms with Crippen molar-refractivity contribution in [3.63, 3.8) is 0 Å². The molecule has 2 aliphatic rings. The number of carbonyl (C=O) groups excluding carboxylic acids is 6. The molecule has 45 heavy (non-hydrogen) atoms. The summed E-state index contributed by atoms with van der Waals surface area (Å²) in [4.78, 5) is 77.8. The largest absolute Gasteiger partial charge is 0.468 e. The maximum Gasteiger partial charge on any atom is 0.323 e. The van der Waals surface area contributed by atoms with Gasteiger partial charge in [-0.2, -0.15) is 0 Å². The Hall–Kier alpha value is -4.74. The Labute approximate surface area is 260 Å². The first-order chi connectivity index (χ1) is 21.4. The fourth-order valence-electron chi connectivity index (χ4n) is 6.73. The molecule has 12 nitrogen and oxygen atoms in total. The summed E-state index contributed by atoms with van der Waals surface area (Å²) in [6.07, 6.45) is -0.0650. The lowest BCUT2D eigenvalue weighted by Crippen LogP contribution is -2.45. The summed E-state index contributed by atoms with van der Waals surface area (Å²) in [6.45, 7) is 0. The van der Waals surface area contributed by atoms with Crippen molar-refractivity contribution in [3.05, 3.63) is 69.8 Å². The first kappa shape index (κ1) is 33.2. The highest BCUT2D eigenvalue weighted by molar-refractivity contribution is 6.03. The second-order valence-electron chi connectivity index (χ2n) is 11.5. The highest BCUT2D eigenvalue weighted by atomic mass is 16.6. The van der Waals surface area contributed by atoms with E-state index < -0.39 is 52.1 Å². The van der Waals surface area contributed by atoms with Crippen LogP contribution < -0.4 is 0 Å². The molecule has 12 heteroatoms. The van der Waals surface area contributed by atoms with E-state index >= 15 is 0 Å². The normalized spacial score (nSPS) is 15.6. The van der Waals surface area contributed by atoms with Gasteiger partial charge in [0.15, 0.2) is 16.2 Å². The average Bonchev–Trinajstić information content (AvgIpc) is 3.65. The van der Waals surface area contributed by atoms with Crippen molar-refractivity contribution >= 4 is 35.8 Å². The number of methoxy groups -OCH3 is 6. The van der Waals surface area contributed by atoms with E-state index in [0.29, 0.717) is 22.3 Å². The molecule has 0 saturated carbocycles. The predicted molar refractivity (Wildman–Crippen MR) is 155 cm³/mol. The standard InChI is InChI=1S/C33H36O12/c1-40-25(34)31(26(35)41-2,13-19-7-9-21-15-32(27(36)42-3,28(37)43-4)17-23(21)11-19)14-20-8-10-22-16-33(29(38)44-5,30(39)45-6)18-24(22)12-20/h7-12H,13-18H2,1-6H3. The maximum absolute atomic E-state index is 13.5. The Morgan fingerprint density at radius 1 is 0.511 bits per heavy atom. The molecule has 0 radical (unpaired) electrons. The van der Waals surface area contributed by atoms with Crippen molar-refractivity contribution in [1.29, 1.82) is 0 Å². The lowest BCUT2D eigenvalue weighted by molar-refractivity contribution is -0.170. The van der Waals surface area contributed by atoms with Gasteiger partial charge in [-0.05, 0) is 71.9 Å². The highest BCUT2D eigenvalue weighted by Gasteiger charge is 2.55. The maximum atomic E-state index is 13.5. The van der Waals surface area contributed by atoms with E-state index in [2.05, 4.69) is 0 Å². The molecule has 2 aliphatic carbocycles. The van der Waals surface area contributed by atoms with Crippen LogP contribution in [0.5, 0.6) is 0 Å². The molecule has 240 valence electrons. The monoisotopic (exact) mass is 624 g/mol. The Bertz CT molecular complexity index is 1410. The Balaban J connectivity index is 1.71. The van der Waals surface area contributed by atoms with Crippen LogP contribution in [0.15, 0.2) is 36.4 Å². The molecule has 0 spiro atoms.